The first-order chi connectivity index (χ1) is 10.9. The molecular weight excluding hydrogens is 448 g/mol. The molecule has 1 aromatic rings. The normalized spacial score (nSPS) is 15.5. The molecule has 1 aliphatic heterocycles. The fourth-order valence-electron chi connectivity index (χ4n) is 1.71. The summed E-state index contributed by atoms with van der Waals surface area (Å²) >= 11 is 8.01. The number of carbonyl (C=O) groups excluding carboxylic acids is 2. The molecule has 0 saturated heterocycles. The Balaban J connectivity index is 2.22. The summed E-state index contributed by atoms with van der Waals surface area (Å²) in [6, 6.07) is 3.67. The molecular formula is C15H12Br2N2O3S. The fraction of sp³-hybridized carbons (Fsp3) is 0.133. The number of halogens is 2. The maximum absolute atomic E-state index is 11.9. The zero-order valence-electron chi connectivity index (χ0n) is 12.1. The second-order valence-electron chi connectivity index (χ2n) is 4.43. The number of benzene rings is 1. The monoisotopic (exact) mass is 458 g/mol. The van der Waals surface area contributed by atoms with E-state index in [-0.39, 0.29) is 17.0 Å². The minimum Gasteiger partial charge on any atom is -0.487 e. The van der Waals surface area contributed by atoms with Gasteiger partial charge in [-0.05, 0) is 67.4 Å². The number of ether oxygens (including phenoxy) is 1. The van der Waals surface area contributed by atoms with Crippen molar-refractivity contribution in [3.63, 3.8) is 0 Å². The van der Waals surface area contributed by atoms with Gasteiger partial charge >= 0.3 is 0 Å². The Labute approximate surface area is 154 Å². The minimum absolute atomic E-state index is 0.264. The Hall–Kier alpha value is -1.38. The number of nitrogens with one attached hydrogen (secondary N) is 1. The van der Waals surface area contributed by atoms with Crippen molar-refractivity contribution in [2.24, 2.45) is 4.99 Å². The quantitative estimate of drug-likeness (QED) is 0.547. The predicted octanol–water partition coefficient (Wildman–Crippen LogP) is 3.88. The Kier molecular flexibility index (Phi) is 6.20. The van der Waals surface area contributed by atoms with Gasteiger partial charge in [0.1, 0.15) is 12.4 Å². The predicted molar refractivity (Wildman–Crippen MR) is 99.4 cm³/mol. The number of carbonyl (C=O) groups is 2. The lowest BCUT2D eigenvalue weighted by Crippen LogP contribution is -2.23. The SMILES string of the molecule is C=CCOc1c(Br)cc(/C=C2/SC(NC(C)=O)=NC2=O)cc1Br. The summed E-state index contributed by atoms with van der Waals surface area (Å²) < 4.78 is 7.05. The van der Waals surface area contributed by atoms with Crippen molar-refractivity contribution >= 4 is 66.7 Å². The van der Waals surface area contributed by atoms with Crippen molar-refractivity contribution in [3.8, 4) is 5.75 Å². The second kappa shape index (κ2) is 7.94. The lowest BCUT2D eigenvalue weighted by Gasteiger charge is -2.09. The van der Waals surface area contributed by atoms with Crippen LogP contribution in [0.4, 0.5) is 0 Å². The molecule has 0 atom stereocenters. The average Bonchev–Trinajstić information content (AvgIpc) is 2.77. The summed E-state index contributed by atoms with van der Waals surface area (Å²) in [6.07, 6.45) is 3.36. The molecule has 23 heavy (non-hydrogen) atoms. The van der Waals surface area contributed by atoms with Crippen LogP contribution in [-0.2, 0) is 9.59 Å². The van der Waals surface area contributed by atoms with Crippen molar-refractivity contribution in [1.29, 1.82) is 0 Å². The molecule has 1 N–H and O–H groups in total. The molecule has 2 amide bonds. The zero-order chi connectivity index (χ0) is 17.0. The summed E-state index contributed by atoms with van der Waals surface area (Å²) in [7, 11) is 0. The van der Waals surface area contributed by atoms with Crippen LogP contribution in [0.2, 0.25) is 0 Å². The van der Waals surface area contributed by atoms with E-state index in [2.05, 4.69) is 48.7 Å². The van der Waals surface area contributed by atoms with E-state index in [0.29, 0.717) is 17.3 Å². The number of thioether (sulfide) groups is 1. The first-order valence-corrected chi connectivity index (χ1v) is 8.84. The minimum atomic E-state index is -0.377. The number of rotatable bonds is 4. The van der Waals surface area contributed by atoms with E-state index in [4.69, 9.17) is 4.74 Å². The van der Waals surface area contributed by atoms with Crippen LogP contribution in [0.5, 0.6) is 5.75 Å². The maximum Gasteiger partial charge on any atom is 0.286 e. The van der Waals surface area contributed by atoms with Crippen LogP contribution >= 0.6 is 43.6 Å². The van der Waals surface area contributed by atoms with Crippen LogP contribution in [-0.4, -0.2) is 23.6 Å². The summed E-state index contributed by atoms with van der Waals surface area (Å²) in [5, 5.41) is 2.80. The number of amides is 2. The highest BCUT2D eigenvalue weighted by molar-refractivity contribution is 9.11. The number of hydrogen-bond acceptors (Lipinski definition) is 4. The van der Waals surface area contributed by atoms with Crippen LogP contribution in [0, 0.1) is 0 Å². The topological polar surface area (TPSA) is 67.8 Å². The molecule has 0 bridgehead atoms. The summed E-state index contributed by atoms with van der Waals surface area (Å²) in [6.45, 7) is 5.36. The summed E-state index contributed by atoms with van der Waals surface area (Å²) in [5.41, 5.74) is 0.796. The van der Waals surface area contributed by atoms with Gasteiger partial charge in [-0.2, -0.15) is 4.99 Å². The van der Waals surface area contributed by atoms with Gasteiger partial charge in [0.25, 0.3) is 5.91 Å². The van der Waals surface area contributed by atoms with E-state index < -0.39 is 0 Å². The molecule has 5 nitrogen and oxygen atoms in total. The summed E-state index contributed by atoms with van der Waals surface area (Å²) in [4.78, 5) is 27.1. The van der Waals surface area contributed by atoms with Gasteiger partial charge < -0.3 is 10.1 Å². The van der Waals surface area contributed by atoms with Gasteiger partial charge in [0.05, 0.1) is 13.9 Å². The largest absolute Gasteiger partial charge is 0.487 e. The lowest BCUT2D eigenvalue weighted by atomic mass is 10.2. The maximum atomic E-state index is 11.9. The molecule has 1 heterocycles. The van der Waals surface area contributed by atoms with Gasteiger partial charge in [-0.15, -0.1) is 0 Å². The van der Waals surface area contributed by atoms with Crippen molar-refractivity contribution in [2.45, 2.75) is 6.92 Å². The molecule has 0 aliphatic carbocycles. The van der Waals surface area contributed by atoms with Crippen LogP contribution in [0.25, 0.3) is 6.08 Å². The van der Waals surface area contributed by atoms with Crippen molar-refractivity contribution in [3.05, 3.63) is 44.2 Å². The Morgan fingerprint density at radius 3 is 2.65 bits per heavy atom. The van der Waals surface area contributed by atoms with Gasteiger partial charge in [-0.3, -0.25) is 9.59 Å². The Morgan fingerprint density at radius 1 is 1.43 bits per heavy atom. The van der Waals surface area contributed by atoms with E-state index in [9.17, 15) is 9.59 Å². The highest BCUT2D eigenvalue weighted by atomic mass is 79.9. The fourth-order valence-corrected chi connectivity index (χ4v) is 4.02. The van der Waals surface area contributed by atoms with Gasteiger partial charge in [0.15, 0.2) is 5.17 Å². The lowest BCUT2D eigenvalue weighted by molar-refractivity contribution is -0.117. The molecule has 0 radical (unpaired) electrons. The van der Waals surface area contributed by atoms with Gasteiger partial charge in [-0.25, -0.2) is 0 Å². The standard InChI is InChI=1S/C15H12Br2N2O3S/c1-3-4-22-13-10(16)5-9(6-11(13)17)7-12-14(21)19-15(23-12)18-8(2)20/h3,5-7H,1,4H2,2H3,(H,18,19,20,21)/b12-7+. The van der Waals surface area contributed by atoms with Crippen molar-refractivity contribution < 1.29 is 14.3 Å². The van der Waals surface area contributed by atoms with E-state index in [1.54, 1.807) is 12.2 Å². The molecule has 120 valence electrons. The Bertz CT molecular complexity index is 721. The molecule has 0 aromatic heterocycles. The number of amidine groups is 1. The van der Waals surface area contributed by atoms with Crippen LogP contribution < -0.4 is 10.1 Å². The van der Waals surface area contributed by atoms with Crippen LogP contribution in [0.1, 0.15) is 12.5 Å². The third-order valence-electron chi connectivity index (χ3n) is 2.57. The molecule has 0 unspecified atom stereocenters. The first-order valence-electron chi connectivity index (χ1n) is 6.43. The van der Waals surface area contributed by atoms with E-state index in [0.717, 1.165) is 26.3 Å². The molecule has 8 heteroatoms. The molecule has 1 aromatic carbocycles. The van der Waals surface area contributed by atoms with Gasteiger partial charge in [0, 0.05) is 6.92 Å². The zero-order valence-corrected chi connectivity index (χ0v) is 16.0. The van der Waals surface area contributed by atoms with E-state index in [1.807, 2.05) is 12.1 Å². The molecule has 0 fully saturated rings. The van der Waals surface area contributed by atoms with Crippen molar-refractivity contribution in [2.75, 3.05) is 6.61 Å². The molecule has 0 spiro atoms. The van der Waals surface area contributed by atoms with E-state index in [1.165, 1.54) is 6.92 Å². The van der Waals surface area contributed by atoms with Crippen LogP contribution in [0.3, 0.4) is 0 Å². The molecule has 0 saturated carbocycles. The molecule has 2 rings (SSSR count). The first kappa shape index (κ1) is 18.0. The second-order valence-corrected chi connectivity index (χ2v) is 7.17. The van der Waals surface area contributed by atoms with Gasteiger partial charge in [0.2, 0.25) is 5.91 Å². The van der Waals surface area contributed by atoms with E-state index >= 15 is 0 Å². The number of aliphatic imine (C=N–C) groups is 1. The third-order valence-corrected chi connectivity index (χ3v) is 4.64. The smallest absolute Gasteiger partial charge is 0.286 e. The Morgan fingerprint density at radius 2 is 2.09 bits per heavy atom. The van der Waals surface area contributed by atoms with Gasteiger partial charge in [-0.1, -0.05) is 12.7 Å². The molecule has 1 aliphatic rings. The number of hydrogen-bond donors (Lipinski definition) is 1. The number of nitrogens with zero attached hydrogens (tertiary/aromatic N) is 1. The third kappa shape index (κ3) is 4.79. The highest BCUT2D eigenvalue weighted by Crippen LogP contribution is 2.36. The summed E-state index contributed by atoms with van der Waals surface area (Å²) in [5.74, 6) is 0.0186. The van der Waals surface area contributed by atoms with Crippen molar-refractivity contribution in [1.82, 2.24) is 5.32 Å². The average molecular weight is 460 g/mol. The van der Waals surface area contributed by atoms with Crippen LogP contribution in [0.15, 0.2) is 43.6 Å². The highest BCUT2D eigenvalue weighted by Gasteiger charge is 2.22.